The Balaban J connectivity index is 0.000000291. The molecular formula is C41H43Cl4N10NaO3. The smallest absolute Gasteiger partial charge is 1.00 e. The van der Waals surface area contributed by atoms with E-state index in [2.05, 4.69) is 27.4 Å². The van der Waals surface area contributed by atoms with Crippen molar-refractivity contribution in [3.05, 3.63) is 105 Å². The maximum absolute atomic E-state index is 12.3. The van der Waals surface area contributed by atoms with Crippen LogP contribution in [0.25, 0.3) is 32.7 Å². The van der Waals surface area contributed by atoms with Crippen LogP contribution in [0.4, 0.5) is 14.4 Å². The quantitative estimate of drug-likeness (QED) is 0.123. The van der Waals surface area contributed by atoms with Gasteiger partial charge >= 0.3 is 47.0 Å². The molecule has 4 heterocycles. The van der Waals surface area contributed by atoms with Crippen LogP contribution < -0.4 is 34.9 Å². The molecule has 0 aliphatic carbocycles. The van der Waals surface area contributed by atoms with E-state index < -0.39 is 5.37 Å². The van der Waals surface area contributed by atoms with Crippen molar-refractivity contribution < 1.29 is 45.4 Å². The van der Waals surface area contributed by atoms with Gasteiger partial charge in [0.2, 0.25) is 0 Å². The van der Waals surface area contributed by atoms with E-state index in [-0.39, 0.29) is 49.5 Å². The zero-order valence-corrected chi connectivity index (χ0v) is 38.8. The summed E-state index contributed by atoms with van der Waals surface area (Å²) in [6.07, 6.45) is 6.66. The fourth-order valence-electron chi connectivity index (χ4n) is 5.92. The standard InChI is InChI=1S/C15H17ClN4O.C13H12ClN3O.C10H7ClN2.C3H6ClNO.Na.H/c1-19(2)15(21)20-9-10(8-13-17-6-7-18-13)14-11(16)4-3-5-12(14)20;1-16(2)13(18)17-8-9(6-7-15)12-10(14)4-3-5-11(12)17;11-8-2-1-3-9-10(8)7(4-5-12)6-13-9;1-5(2)3(4)6;;/h3-5,9H,6-8H2,1-2H3,(H,17,18);3-5,8H,6H2,1-2H3;1-3,6,13H,4H2;1-2H3;;/q;;;;+1;-1. The topological polar surface area (TPSA) is 159 Å². The van der Waals surface area contributed by atoms with E-state index in [4.69, 9.17) is 56.9 Å². The third-order valence-electron chi connectivity index (χ3n) is 8.62. The van der Waals surface area contributed by atoms with Gasteiger partial charge in [-0.05, 0) is 64.7 Å². The van der Waals surface area contributed by atoms with E-state index >= 15 is 0 Å². The predicted octanol–water partition coefficient (Wildman–Crippen LogP) is 6.17. The molecule has 304 valence electrons. The second kappa shape index (κ2) is 22.6. The molecule has 3 aromatic carbocycles. The minimum Gasteiger partial charge on any atom is -1.00 e. The first-order valence-electron chi connectivity index (χ1n) is 17.7. The van der Waals surface area contributed by atoms with Gasteiger partial charge < -0.3 is 26.4 Å². The largest absolute Gasteiger partial charge is 1.00 e. The molecular weight excluding hydrogens is 845 g/mol. The number of hydrogen-bond donors (Lipinski definition) is 2. The third kappa shape index (κ3) is 12.2. The molecule has 2 N–H and O–H groups in total. The summed E-state index contributed by atoms with van der Waals surface area (Å²) in [6.45, 7) is 1.68. The molecule has 0 fully saturated rings. The number of nitrogens with one attached hydrogen (secondary N) is 2. The summed E-state index contributed by atoms with van der Waals surface area (Å²) in [5.74, 6) is 0.950. The molecule has 1 aliphatic heterocycles. The molecule has 0 saturated heterocycles. The third-order valence-corrected chi connectivity index (χ3v) is 9.90. The number of amidine groups is 1. The first kappa shape index (κ1) is 48.7. The summed E-state index contributed by atoms with van der Waals surface area (Å²) in [5, 5.41) is 24.8. The summed E-state index contributed by atoms with van der Waals surface area (Å²) in [5.41, 5.74) is 5.29. The van der Waals surface area contributed by atoms with Crippen molar-refractivity contribution in [2.75, 3.05) is 55.4 Å². The fraction of sp³-hybridized carbons (Fsp3) is 0.268. The number of carbonyl (C=O) groups excluding carboxylic acids is 3. The number of fused-ring (bicyclic) bond motifs is 3. The van der Waals surface area contributed by atoms with E-state index in [9.17, 15) is 14.4 Å². The van der Waals surface area contributed by atoms with Gasteiger partial charge in [0, 0.05) is 95.5 Å². The number of H-pyrrole nitrogens is 1. The number of amides is 3. The molecule has 0 saturated carbocycles. The Labute approximate surface area is 386 Å². The van der Waals surface area contributed by atoms with Gasteiger partial charge in [0.25, 0.3) is 0 Å². The zero-order chi connectivity index (χ0) is 42.7. The molecule has 3 aromatic heterocycles. The van der Waals surface area contributed by atoms with Gasteiger partial charge in [0.15, 0.2) is 0 Å². The summed E-state index contributed by atoms with van der Waals surface area (Å²) < 4.78 is 3.17. The number of benzene rings is 3. The van der Waals surface area contributed by atoms with Gasteiger partial charge in [-0.1, -0.05) is 53.0 Å². The van der Waals surface area contributed by atoms with Crippen molar-refractivity contribution in [3.63, 3.8) is 0 Å². The van der Waals surface area contributed by atoms with E-state index in [1.807, 2.05) is 54.9 Å². The van der Waals surface area contributed by atoms with Crippen LogP contribution in [0.1, 0.15) is 18.1 Å². The van der Waals surface area contributed by atoms with E-state index in [1.165, 1.54) is 14.4 Å². The average Bonchev–Trinajstić information content (AvgIpc) is 4.00. The number of aromatic amines is 1. The summed E-state index contributed by atoms with van der Waals surface area (Å²) in [6, 6.07) is 20.6. The molecule has 0 spiro atoms. The van der Waals surface area contributed by atoms with E-state index in [0.717, 1.165) is 68.3 Å². The molecule has 0 unspecified atom stereocenters. The minimum atomic E-state index is -0.435. The number of halogens is 4. The van der Waals surface area contributed by atoms with Crippen molar-refractivity contribution in [1.29, 1.82) is 10.5 Å². The Bertz CT molecular complexity index is 2570. The van der Waals surface area contributed by atoms with Crippen LogP contribution in [0.15, 0.2) is 78.2 Å². The van der Waals surface area contributed by atoms with Crippen LogP contribution in [0.5, 0.6) is 0 Å². The number of nitriles is 2. The van der Waals surface area contributed by atoms with Gasteiger partial charge in [0.1, 0.15) is 5.84 Å². The second-order valence-corrected chi connectivity index (χ2v) is 14.9. The number of rotatable bonds is 4. The van der Waals surface area contributed by atoms with Gasteiger partial charge in [-0.3, -0.25) is 18.9 Å². The minimum absolute atomic E-state index is 0. The van der Waals surface area contributed by atoms with Crippen LogP contribution >= 0.6 is 46.4 Å². The summed E-state index contributed by atoms with van der Waals surface area (Å²) >= 11 is 23.4. The molecule has 59 heavy (non-hydrogen) atoms. The van der Waals surface area contributed by atoms with Gasteiger partial charge in [0.05, 0.1) is 57.6 Å². The van der Waals surface area contributed by atoms with Crippen molar-refractivity contribution in [2.45, 2.75) is 19.3 Å². The summed E-state index contributed by atoms with van der Waals surface area (Å²) in [7, 11) is 10.0. The fourth-order valence-corrected chi connectivity index (χ4v) is 6.80. The number of hydrogen-bond acceptors (Lipinski definition) is 7. The molecule has 18 heteroatoms. The van der Waals surface area contributed by atoms with Crippen molar-refractivity contribution >= 4 is 102 Å². The molecule has 3 amide bonds. The first-order chi connectivity index (χ1) is 27.6. The van der Waals surface area contributed by atoms with Gasteiger partial charge in [-0.15, -0.1) is 0 Å². The number of aliphatic imine (C=N–C) groups is 1. The summed E-state index contributed by atoms with van der Waals surface area (Å²) in [4.78, 5) is 46.0. The number of carbonyl (C=O) groups is 3. The molecule has 0 atom stereocenters. The zero-order valence-electron chi connectivity index (χ0n) is 34.8. The molecule has 1 aliphatic rings. The maximum atomic E-state index is 12.3. The van der Waals surface area contributed by atoms with Crippen molar-refractivity contribution in [2.24, 2.45) is 4.99 Å². The maximum Gasteiger partial charge on any atom is 1.00 e. The Morgan fingerprint density at radius 3 is 1.64 bits per heavy atom. The Kier molecular flexibility index (Phi) is 18.7. The predicted molar refractivity (Wildman–Crippen MR) is 235 cm³/mol. The molecule has 6 aromatic rings. The van der Waals surface area contributed by atoms with E-state index in [1.54, 1.807) is 70.1 Å². The Morgan fingerprint density at radius 2 is 1.19 bits per heavy atom. The Morgan fingerprint density at radius 1 is 0.729 bits per heavy atom. The molecule has 0 radical (unpaired) electrons. The van der Waals surface area contributed by atoms with Crippen LogP contribution in [0, 0.1) is 22.7 Å². The molecule has 7 rings (SSSR count). The molecule has 13 nitrogen and oxygen atoms in total. The van der Waals surface area contributed by atoms with Gasteiger partial charge in [-0.2, -0.15) is 10.5 Å². The van der Waals surface area contributed by atoms with Crippen molar-refractivity contribution in [1.82, 2.24) is 34.1 Å². The van der Waals surface area contributed by atoms with Crippen LogP contribution in [0.3, 0.4) is 0 Å². The second-order valence-electron chi connectivity index (χ2n) is 13.4. The first-order valence-corrected chi connectivity index (χ1v) is 19.2. The van der Waals surface area contributed by atoms with Crippen LogP contribution in [-0.4, -0.2) is 107 Å². The monoisotopic (exact) mass is 886 g/mol. The number of nitrogens with zero attached hydrogens (tertiary/aromatic N) is 8. The van der Waals surface area contributed by atoms with Crippen LogP contribution in [-0.2, 0) is 19.3 Å². The Hall–Kier alpha value is -4.70. The van der Waals surface area contributed by atoms with Gasteiger partial charge in [-0.25, -0.2) is 9.59 Å². The molecule has 0 bridgehead atoms. The van der Waals surface area contributed by atoms with Crippen LogP contribution in [0.2, 0.25) is 15.1 Å². The SMILES string of the molecule is CN(C)C(=O)Cl.CN(C)C(=O)n1cc(CC#N)c2c(Cl)cccc21.CN(C)C(=O)n1cc(CC2=NCCN2)c2c(Cl)cccc21.N#CCc1c[nH]c2cccc(Cl)c12.[H-].[Na+]. The normalized spacial score (nSPS) is 11.2. The van der Waals surface area contributed by atoms with Crippen molar-refractivity contribution in [3.8, 4) is 12.1 Å². The average molecular weight is 889 g/mol. The number of aromatic nitrogens is 3. The van der Waals surface area contributed by atoms with E-state index in [0.29, 0.717) is 27.9 Å².